The summed E-state index contributed by atoms with van der Waals surface area (Å²) in [6.45, 7) is 1.70. The highest BCUT2D eigenvalue weighted by atomic mass is 35.5. The molecule has 0 saturated carbocycles. The zero-order valence-corrected chi connectivity index (χ0v) is 17.0. The SMILES string of the molecule is COC(=O)C1=C(C)N(c2ccc(Cl)cc2)C(=S)NC1c1ccc(O)c([N+](=O)[O-])c1. The van der Waals surface area contributed by atoms with Crippen LogP contribution in [0, 0.1) is 10.1 Å². The number of methoxy groups -OCH3 is 1. The van der Waals surface area contributed by atoms with Gasteiger partial charge in [0.2, 0.25) is 0 Å². The topological polar surface area (TPSA) is 105 Å². The number of hydrogen-bond acceptors (Lipinski definition) is 6. The van der Waals surface area contributed by atoms with Crippen LogP contribution in [0.2, 0.25) is 5.02 Å². The van der Waals surface area contributed by atoms with Gasteiger partial charge in [-0.05, 0) is 55.0 Å². The Morgan fingerprint density at radius 2 is 1.97 bits per heavy atom. The second-order valence-corrected chi connectivity index (χ2v) is 7.01. The first-order chi connectivity index (χ1) is 13.7. The number of allylic oxidation sites excluding steroid dienone is 1. The molecule has 0 radical (unpaired) electrons. The lowest BCUT2D eigenvalue weighted by atomic mass is 9.94. The van der Waals surface area contributed by atoms with Gasteiger partial charge in [-0.15, -0.1) is 0 Å². The van der Waals surface area contributed by atoms with Crippen molar-refractivity contribution in [3.63, 3.8) is 0 Å². The molecule has 0 spiro atoms. The second kappa shape index (κ2) is 8.06. The first-order valence-electron chi connectivity index (χ1n) is 8.37. The molecule has 3 rings (SSSR count). The van der Waals surface area contributed by atoms with E-state index in [0.29, 0.717) is 27.1 Å². The van der Waals surface area contributed by atoms with E-state index in [1.54, 1.807) is 36.1 Å². The van der Waals surface area contributed by atoms with Crippen LogP contribution >= 0.6 is 23.8 Å². The Morgan fingerprint density at radius 3 is 2.55 bits per heavy atom. The maximum absolute atomic E-state index is 12.6. The van der Waals surface area contributed by atoms with E-state index in [-0.39, 0.29) is 5.57 Å². The standard InChI is InChI=1S/C19H16ClN3O5S/c1-10-16(18(25)28-2)17(11-3-8-15(24)14(9-11)23(26)27)21-19(29)22(10)13-6-4-12(20)5-7-13/h3-9,17,24H,1-2H3,(H,21,29). The summed E-state index contributed by atoms with van der Waals surface area (Å²) in [5.74, 6) is -1.09. The molecule has 0 aliphatic carbocycles. The minimum absolute atomic E-state index is 0.232. The number of nitrogens with zero attached hydrogens (tertiary/aromatic N) is 2. The highest BCUT2D eigenvalue weighted by molar-refractivity contribution is 7.80. The number of phenolic OH excluding ortho intramolecular Hbond substituents is 1. The molecule has 29 heavy (non-hydrogen) atoms. The molecule has 2 aromatic carbocycles. The number of ether oxygens (including phenoxy) is 1. The molecule has 2 aromatic rings. The zero-order valence-electron chi connectivity index (χ0n) is 15.4. The monoisotopic (exact) mass is 433 g/mol. The number of aromatic hydroxyl groups is 1. The summed E-state index contributed by atoms with van der Waals surface area (Å²) in [6.07, 6.45) is 0. The quantitative estimate of drug-likeness (QED) is 0.324. The number of carbonyl (C=O) groups excluding carboxylic acids is 1. The number of anilines is 1. The summed E-state index contributed by atoms with van der Waals surface area (Å²) >= 11 is 11.4. The molecule has 0 fully saturated rings. The smallest absolute Gasteiger partial charge is 0.337 e. The van der Waals surface area contributed by atoms with Crippen molar-refractivity contribution in [2.75, 3.05) is 12.0 Å². The third-order valence-electron chi connectivity index (χ3n) is 4.50. The Balaban J connectivity index is 2.15. The Hall–Kier alpha value is -3.17. The molecule has 0 amide bonds. The lowest BCUT2D eigenvalue weighted by Gasteiger charge is -2.37. The van der Waals surface area contributed by atoms with E-state index in [2.05, 4.69) is 5.32 Å². The summed E-state index contributed by atoms with van der Waals surface area (Å²) in [4.78, 5) is 24.7. The van der Waals surface area contributed by atoms with Crippen LogP contribution in [-0.4, -0.2) is 28.2 Å². The number of nitro benzene ring substituents is 1. The summed E-state index contributed by atoms with van der Waals surface area (Å²) in [5.41, 5.74) is 1.32. The average Bonchev–Trinajstić information content (AvgIpc) is 2.68. The fourth-order valence-corrected chi connectivity index (χ4v) is 3.62. The maximum atomic E-state index is 12.6. The molecule has 0 aromatic heterocycles. The molecule has 150 valence electrons. The third kappa shape index (κ3) is 3.87. The summed E-state index contributed by atoms with van der Waals surface area (Å²) in [6, 6.07) is 9.98. The van der Waals surface area contributed by atoms with Crippen LogP contribution in [0.5, 0.6) is 5.75 Å². The van der Waals surface area contributed by atoms with E-state index in [4.69, 9.17) is 28.6 Å². The number of rotatable bonds is 4. The Morgan fingerprint density at radius 1 is 1.31 bits per heavy atom. The van der Waals surface area contributed by atoms with Gasteiger partial charge in [0.15, 0.2) is 10.9 Å². The fraction of sp³-hybridized carbons (Fsp3) is 0.158. The van der Waals surface area contributed by atoms with Crippen molar-refractivity contribution < 1.29 is 19.6 Å². The van der Waals surface area contributed by atoms with E-state index in [9.17, 15) is 20.0 Å². The first-order valence-corrected chi connectivity index (χ1v) is 9.15. The molecule has 1 heterocycles. The fourth-order valence-electron chi connectivity index (χ4n) is 3.13. The van der Waals surface area contributed by atoms with Crippen molar-refractivity contribution in [1.29, 1.82) is 0 Å². The van der Waals surface area contributed by atoms with Gasteiger partial charge in [0, 0.05) is 22.5 Å². The van der Waals surface area contributed by atoms with Gasteiger partial charge in [0.1, 0.15) is 0 Å². The van der Waals surface area contributed by atoms with E-state index in [1.165, 1.54) is 25.3 Å². The summed E-state index contributed by atoms with van der Waals surface area (Å²) in [5, 5.41) is 24.8. The third-order valence-corrected chi connectivity index (χ3v) is 5.06. The maximum Gasteiger partial charge on any atom is 0.337 e. The molecule has 0 bridgehead atoms. The van der Waals surface area contributed by atoms with Crippen LogP contribution in [0.1, 0.15) is 18.5 Å². The normalized spacial score (nSPS) is 16.4. The van der Waals surface area contributed by atoms with Crippen molar-refractivity contribution in [3.05, 3.63) is 74.4 Å². The van der Waals surface area contributed by atoms with Crippen LogP contribution in [-0.2, 0) is 9.53 Å². The first kappa shape index (κ1) is 20.6. The lowest BCUT2D eigenvalue weighted by Crippen LogP contribution is -2.48. The van der Waals surface area contributed by atoms with E-state index in [0.717, 1.165) is 0 Å². The molecule has 10 heteroatoms. The van der Waals surface area contributed by atoms with Gasteiger partial charge in [-0.2, -0.15) is 0 Å². The second-order valence-electron chi connectivity index (χ2n) is 6.19. The summed E-state index contributed by atoms with van der Waals surface area (Å²) < 4.78 is 4.94. The lowest BCUT2D eigenvalue weighted by molar-refractivity contribution is -0.385. The number of hydrogen-bond donors (Lipinski definition) is 2. The molecule has 2 N–H and O–H groups in total. The molecule has 0 saturated heterocycles. The zero-order chi connectivity index (χ0) is 21.3. The minimum Gasteiger partial charge on any atom is -0.502 e. The van der Waals surface area contributed by atoms with Gasteiger partial charge < -0.3 is 15.2 Å². The number of nitro groups is 1. The molecular weight excluding hydrogens is 418 g/mol. The van der Waals surface area contributed by atoms with Crippen LogP contribution in [0.25, 0.3) is 0 Å². The predicted molar refractivity (Wildman–Crippen MR) is 112 cm³/mol. The Bertz CT molecular complexity index is 1040. The van der Waals surface area contributed by atoms with Crippen molar-refractivity contribution in [2.45, 2.75) is 13.0 Å². The van der Waals surface area contributed by atoms with E-state index in [1.807, 2.05) is 0 Å². The number of esters is 1. The Kier molecular flexibility index (Phi) is 5.71. The van der Waals surface area contributed by atoms with Crippen LogP contribution < -0.4 is 10.2 Å². The molecule has 1 atom stereocenters. The van der Waals surface area contributed by atoms with Gasteiger partial charge in [-0.1, -0.05) is 17.7 Å². The Labute approximate surface area is 176 Å². The number of thiocarbonyl (C=S) groups is 1. The predicted octanol–water partition coefficient (Wildman–Crippen LogP) is 3.84. The molecular formula is C19H16ClN3O5S. The average molecular weight is 434 g/mol. The van der Waals surface area contributed by atoms with Gasteiger partial charge in [-0.3, -0.25) is 15.0 Å². The summed E-state index contributed by atoms with van der Waals surface area (Å²) in [7, 11) is 1.25. The largest absolute Gasteiger partial charge is 0.502 e. The highest BCUT2D eigenvalue weighted by Gasteiger charge is 2.36. The number of nitrogens with one attached hydrogen (secondary N) is 1. The minimum atomic E-state index is -0.794. The van der Waals surface area contributed by atoms with Crippen LogP contribution in [0.3, 0.4) is 0 Å². The number of benzene rings is 2. The van der Waals surface area contributed by atoms with Crippen LogP contribution in [0.15, 0.2) is 53.7 Å². The molecule has 8 nitrogen and oxygen atoms in total. The van der Waals surface area contributed by atoms with E-state index >= 15 is 0 Å². The van der Waals surface area contributed by atoms with Gasteiger partial charge in [0.05, 0.1) is 23.6 Å². The van der Waals surface area contributed by atoms with Gasteiger partial charge in [-0.25, -0.2) is 4.79 Å². The molecule has 1 unspecified atom stereocenters. The molecule has 1 aliphatic rings. The van der Waals surface area contributed by atoms with Gasteiger partial charge >= 0.3 is 11.7 Å². The number of carbonyl (C=O) groups is 1. The van der Waals surface area contributed by atoms with Crippen LogP contribution in [0.4, 0.5) is 11.4 Å². The molecule has 1 aliphatic heterocycles. The van der Waals surface area contributed by atoms with Crippen molar-refractivity contribution in [2.24, 2.45) is 0 Å². The van der Waals surface area contributed by atoms with Crippen molar-refractivity contribution in [3.8, 4) is 5.75 Å². The van der Waals surface area contributed by atoms with Gasteiger partial charge in [0.25, 0.3) is 0 Å². The van der Waals surface area contributed by atoms with Crippen molar-refractivity contribution in [1.82, 2.24) is 5.32 Å². The number of phenols is 1. The number of halogens is 1. The van der Waals surface area contributed by atoms with E-state index < -0.39 is 28.4 Å². The van der Waals surface area contributed by atoms with Crippen molar-refractivity contribution >= 4 is 46.3 Å². The highest BCUT2D eigenvalue weighted by Crippen LogP contribution is 2.37.